The average molecular weight is 350 g/mol. The molecule has 134 valence electrons. The van der Waals surface area contributed by atoms with E-state index in [4.69, 9.17) is 4.74 Å². The van der Waals surface area contributed by atoms with Gasteiger partial charge in [0, 0.05) is 44.3 Å². The van der Waals surface area contributed by atoms with E-state index in [9.17, 15) is 4.79 Å². The molecule has 0 fully saturated rings. The van der Waals surface area contributed by atoms with Crippen molar-refractivity contribution in [2.24, 2.45) is 7.05 Å². The summed E-state index contributed by atoms with van der Waals surface area (Å²) in [5.74, 6) is 0.709. The van der Waals surface area contributed by atoms with E-state index in [1.165, 1.54) is 0 Å². The van der Waals surface area contributed by atoms with E-state index in [0.717, 1.165) is 22.6 Å². The third-order valence-electron chi connectivity index (χ3n) is 4.21. The van der Waals surface area contributed by atoms with E-state index in [2.05, 4.69) is 10.1 Å². The van der Waals surface area contributed by atoms with Crippen molar-refractivity contribution >= 4 is 5.91 Å². The number of methoxy groups -OCH3 is 1. The molecule has 2 aromatic heterocycles. The van der Waals surface area contributed by atoms with E-state index in [1.54, 1.807) is 35.3 Å². The molecule has 6 nitrogen and oxygen atoms in total. The fourth-order valence-corrected chi connectivity index (χ4v) is 2.93. The number of nitrogens with zero attached hydrogens (tertiary/aromatic N) is 4. The minimum absolute atomic E-state index is 0.0571. The monoisotopic (exact) mass is 350 g/mol. The summed E-state index contributed by atoms with van der Waals surface area (Å²) in [7, 11) is 3.45. The zero-order valence-corrected chi connectivity index (χ0v) is 15.2. The van der Waals surface area contributed by atoms with Gasteiger partial charge in [0.15, 0.2) is 0 Å². The highest BCUT2D eigenvalue weighted by atomic mass is 16.5. The Morgan fingerprint density at radius 1 is 1.15 bits per heavy atom. The second-order valence-electron chi connectivity index (χ2n) is 6.13. The van der Waals surface area contributed by atoms with Gasteiger partial charge in [0.2, 0.25) is 0 Å². The SMILES string of the molecule is COc1ccccc1CN(Cc1ccncc1)C(=O)c1cn(C)nc1C. The highest BCUT2D eigenvalue weighted by molar-refractivity contribution is 5.95. The lowest BCUT2D eigenvalue weighted by Crippen LogP contribution is -2.30. The number of benzene rings is 1. The van der Waals surface area contributed by atoms with Crippen molar-refractivity contribution in [3.8, 4) is 5.75 Å². The van der Waals surface area contributed by atoms with Crippen molar-refractivity contribution < 1.29 is 9.53 Å². The van der Waals surface area contributed by atoms with Gasteiger partial charge >= 0.3 is 0 Å². The van der Waals surface area contributed by atoms with Crippen LogP contribution >= 0.6 is 0 Å². The molecule has 0 aliphatic carbocycles. The van der Waals surface area contributed by atoms with Crippen molar-refractivity contribution in [3.05, 3.63) is 77.4 Å². The highest BCUT2D eigenvalue weighted by Gasteiger charge is 2.21. The lowest BCUT2D eigenvalue weighted by Gasteiger charge is -2.24. The van der Waals surface area contributed by atoms with Crippen molar-refractivity contribution in [1.82, 2.24) is 19.7 Å². The van der Waals surface area contributed by atoms with Gasteiger partial charge in [0.1, 0.15) is 5.75 Å². The van der Waals surface area contributed by atoms with Crippen LogP contribution in [0, 0.1) is 6.92 Å². The lowest BCUT2D eigenvalue weighted by atomic mass is 10.1. The predicted octanol–water partition coefficient (Wildman–Crippen LogP) is 2.97. The molecule has 0 saturated heterocycles. The highest BCUT2D eigenvalue weighted by Crippen LogP contribution is 2.22. The summed E-state index contributed by atoms with van der Waals surface area (Å²) in [5, 5.41) is 4.30. The predicted molar refractivity (Wildman–Crippen MR) is 98.8 cm³/mol. The molecule has 0 saturated carbocycles. The van der Waals surface area contributed by atoms with Gasteiger partial charge in [-0.3, -0.25) is 14.5 Å². The Kier molecular flexibility index (Phi) is 5.31. The first-order valence-corrected chi connectivity index (χ1v) is 8.39. The van der Waals surface area contributed by atoms with Gasteiger partial charge in [-0.1, -0.05) is 18.2 Å². The number of ether oxygens (including phenoxy) is 1. The topological polar surface area (TPSA) is 60.2 Å². The normalized spacial score (nSPS) is 10.6. The maximum atomic E-state index is 13.2. The Labute approximate surface area is 153 Å². The van der Waals surface area contributed by atoms with Crippen molar-refractivity contribution in [3.63, 3.8) is 0 Å². The van der Waals surface area contributed by atoms with Gasteiger partial charge in [0.05, 0.1) is 18.4 Å². The lowest BCUT2D eigenvalue weighted by molar-refractivity contribution is 0.0728. The van der Waals surface area contributed by atoms with Crippen LogP contribution in [0.15, 0.2) is 55.0 Å². The molecule has 0 aliphatic rings. The zero-order valence-electron chi connectivity index (χ0n) is 15.2. The van der Waals surface area contributed by atoms with E-state index in [0.29, 0.717) is 18.7 Å². The Morgan fingerprint density at radius 3 is 2.54 bits per heavy atom. The van der Waals surface area contributed by atoms with Crippen LogP contribution < -0.4 is 4.74 Å². The Hall–Kier alpha value is -3.15. The van der Waals surface area contributed by atoms with Gasteiger partial charge in [-0.2, -0.15) is 5.10 Å². The first-order chi connectivity index (χ1) is 12.6. The van der Waals surface area contributed by atoms with Gasteiger partial charge in [-0.25, -0.2) is 0 Å². The van der Waals surface area contributed by atoms with E-state index in [1.807, 2.05) is 50.4 Å². The van der Waals surface area contributed by atoms with Crippen LogP contribution in [-0.4, -0.2) is 32.7 Å². The van der Waals surface area contributed by atoms with Crippen molar-refractivity contribution in [1.29, 1.82) is 0 Å². The second kappa shape index (κ2) is 7.82. The fraction of sp³-hybridized carbons (Fsp3) is 0.250. The van der Waals surface area contributed by atoms with Gasteiger partial charge in [-0.15, -0.1) is 0 Å². The minimum Gasteiger partial charge on any atom is -0.496 e. The molecule has 0 unspecified atom stereocenters. The molecule has 0 bridgehead atoms. The average Bonchev–Trinajstić information content (AvgIpc) is 3.00. The number of aromatic nitrogens is 3. The van der Waals surface area contributed by atoms with Crippen LogP contribution in [0.25, 0.3) is 0 Å². The number of aryl methyl sites for hydroxylation is 2. The largest absolute Gasteiger partial charge is 0.496 e. The van der Waals surface area contributed by atoms with Crippen LogP contribution in [0.4, 0.5) is 0 Å². The third kappa shape index (κ3) is 3.91. The number of carbonyl (C=O) groups is 1. The number of carbonyl (C=O) groups excluding carboxylic acids is 1. The molecule has 6 heteroatoms. The fourth-order valence-electron chi connectivity index (χ4n) is 2.93. The molecule has 0 atom stereocenters. The standard InChI is InChI=1S/C20H22N4O2/c1-15-18(14-23(2)22-15)20(25)24(12-16-8-10-21-11-9-16)13-17-6-4-5-7-19(17)26-3/h4-11,14H,12-13H2,1-3H3. The van der Waals surface area contributed by atoms with Crippen LogP contribution in [0.5, 0.6) is 5.75 Å². The molecule has 1 amide bonds. The molecule has 2 heterocycles. The smallest absolute Gasteiger partial charge is 0.257 e. The Morgan fingerprint density at radius 2 is 1.88 bits per heavy atom. The molecule has 3 aromatic rings. The van der Waals surface area contributed by atoms with Crippen LogP contribution in [0.1, 0.15) is 27.2 Å². The summed E-state index contributed by atoms with van der Waals surface area (Å²) in [4.78, 5) is 19.1. The van der Waals surface area contributed by atoms with Gasteiger partial charge < -0.3 is 9.64 Å². The molecular weight excluding hydrogens is 328 g/mol. The second-order valence-corrected chi connectivity index (χ2v) is 6.13. The maximum Gasteiger partial charge on any atom is 0.257 e. The molecule has 3 rings (SSSR count). The first-order valence-electron chi connectivity index (χ1n) is 8.39. The van der Waals surface area contributed by atoms with Crippen LogP contribution in [-0.2, 0) is 20.1 Å². The molecule has 26 heavy (non-hydrogen) atoms. The van der Waals surface area contributed by atoms with E-state index < -0.39 is 0 Å². The number of amides is 1. The molecule has 0 N–H and O–H groups in total. The maximum absolute atomic E-state index is 13.2. The number of hydrogen-bond acceptors (Lipinski definition) is 4. The zero-order chi connectivity index (χ0) is 18.5. The van der Waals surface area contributed by atoms with E-state index in [-0.39, 0.29) is 5.91 Å². The quantitative estimate of drug-likeness (QED) is 0.686. The summed E-state index contributed by atoms with van der Waals surface area (Å²) >= 11 is 0. The molecular formula is C20H22N4O2. The van der Waals surface area contributed by atoms with Gasteiger partial charge in [-0.05, 0) is 30.7 Å². The first kappa shape index (κ1) is 17.7. The number of hydrogen-bond donors (Lipinski definition) is 0. The number of rotatable bonds is 6. The molecule has 0 spiro atoms. The van der Waals surface area contributed by atoms with Crippen LogP contribution in [0.3, 0.4) is 0 Å². The summed E-state index contributed by atoms with van der Waals surface area (Å²) in [5.41, 5.74) is 3.30. The third-order valence-corrected chi connectivity index (χ3v) is 4.21. The van der Waals surface area contributed by atoms with Crippen LogP contribution in [0.2, 0.25) is 0 Å². The summed E-state index contributed by atoms with van der Waals surface area (Å²) in [6.45, 7) is 2.77. The number of para-hydroxylation sites is 1. The van der Waals surface area contributed by atoms with Crippen molar-refractivity contribution in [2.45, 2.75) is 20.0 Å². The molecule has 0 radical (unpaired) electrons. The Balaban J connectivity index is 1.93. The summed E-state index contributed by atoms with van der Waals surface area (Å²) < 4.78 is 7.11. The van der Waals surface area contributed by atoms with E-state index >= 15 is 0 Å². The summed E-state index contributed by atoms with van der Waals surface area (Å²) in [6.07, 6.45) is 5.23. The number of pyridine rings is 1. The molecule has 1 aromatic carbocycles. The minimum atomic E-state index is -0.0571. The summed E-state index contributed by atoms with van der Waals surface area (Å²) in [6, 6.07) is 11.6. The molecule has 0 aliphatic heterocycles. The van der Waals surface area contributed by atoms with Crippen molar-refractivity contribution in [2.75, 3.05) is 7.11 Å². The Bertz CT molecular complexity index is 890. The van der Waals surface area contributed by atoms with Gasteiger partial charge in [0.25, 0.3) is 5.91 Å².